The second-order valence-electron chi connectivity index (χ2n) is 6.37. The van der Waals surface area contributed by atoms with Gasteiger partial charge in [0.15, 0.2) is 5.76 Å². The number of halogens is 1. The molecule has 0 saturated heterocycles. The average molecular weight is 381 g/mol. The molecule has 0 amide bonds. The number of furan rings is 1. The maximum absolute atomic E-state index is 12.6. The zero-order valence-corrected chi connectivity index (χ0v) is 15.7. The van der Waals surface area contributed by atoms with Crippen LogP contribution in [0.5, 0.6) is 11.5 Å². The first-order chi connectivity index (χ1) is 13.0. The number of Topliss-reactive ketones (excluding diaryl/α,β-unsaturated/α-hetero) is 1. The van der Waals surface area contributed by atoms with E-state index in [0.717, 1.165) is 16.9 Å². The van der Waals surface area contributed by atoms with E-state index in [1.54, 1.807) is 24.3 Å². The summed E-state index contributed by atoms with van der Waals surface area (Å²) in [5.74, 6) is 2.65. The molecule has 27 heavy (non-hydrogen) atoms. The van der Waals surface area contributed by atoms with Crippen molar-refractivity contribution in [2.24, 2.45) is 0 Å². The summed E-state index contributed by atoms with van der Waals surface area (Å²) in [6.45, 7) is 4.13. The molecule has 0 unspecified atom stereocenters. The number of ketones is 1. The van der Waals surface area contributed by atoms with Crippen molar-refractivity contribution in [3.05, 3.63) is 87.5 Å². The first-order valence-electron chi connectivity index (χ1n) is 8.53. The Morgan fingerprint density at radius 2 is 1.81 bits per heavy atom. The molecule has 0 radical (unpaired) electrons. The minimum absolute atomic E-state index is 0.161. The van der Waals surface area contributed by atoms with Gasteiger partial charge in [0, 0.05) is 16.7 Å². The summed E-state index contributed by atoms with van der Waals surface area (Å²) in [7, 11) is 0. The molecule has 0 spiro atoms. The molecule has 2 heterocycles. The van der Waals surface area contributed by atoms with Crippen LogP contribution in [0.2, 0.25) is 5.02 Å². The van der Waals surface area contributed by atoms with E-state index in [1.165, 1.54) is 0 Å². The second-order valence-corrected chi connectivity index (χ2v) is 6.81. The summed E-state index contributed by atoms with van der Waals surface area (Å²) >= 11 is 5.90. The van der Waals surface area contributed by atoms with Crippen molar-refractivity contribution in [1.29, 1.82) is 0 Å². The van der Waals surface area contributed by atoms with Crippen molar-refractivity contribution in [2.45, 2.75) is 20.5 Å². The van der Waals surface area contributed by atoms with Crippen molar-refractivity contribution in [2.75, 3.05) is 0 Å². The lowest BCUT2D eigenvalue weighted by Gasteiger charge is -2.11. The molecule has 0 saturated carbocycles. The monoisotopic (exact) mass is 380 g/mol. The summed E-state index contributed by atoms with van der Waals surface area (Å²) in [5, 5.41) is 0.686. The quantitative estimate of drug-likeness (QED) is 0.541. The first-order valence-corrected chi connectivity index (χ1v) is 8.90. The topological polar surface area (TPSA) is 48.7 Å². The normalized spacial score (nSPS) is 14.3. The number of benzene rings is 2. The maximum atomic E-state index is 12.6. The molecule has 3 aromatic rings. The summed E-state index contributed by atoms with van der Waals surface area (Å²) < 4.78 is 17.2. The number of hydrogen-bond donors (Lipinski definition) is 0. The predicted molar refractivity (Wildman–Crippen MR) is 103 cm³/mol. The molecule has 1 aromatic heterocycles. The molecule has 0 aliphatic carbocycles. The van der Waals surface area contributed by atoms with E-state index in [2.05, 4.69) is 0 Å². The average Bonchev–Trinajstić information content (AvgIpc) is 3.20. The summed E-state index contributed by atoms with van der Waals surface area (Å²) in [6.07, 6.45) is 1.61. The van der Waals surface area contributed by atoms with Crippen LogP contribution in [-0.2, 0) is 6.61 Å². The highest BCUT2D eigenvalue weighted by Gasteiger charge is 2.30. The highest BCUT2D eigenvalue weighted by Crippen LogP contribution is 2.39. The van der Waals surface area contributed by atoms with Crippen molar-refractivity contribution >= 4 is 23.5 Å². The van der Waals surface area contributed by atoms with Crippen LogP contribution in [-0.4, -0.2) is 5.78 Å². The van der Waals surface area contributed by atoms with Gasteiger partial charge in [-0.2, -0.15) is 0 Å². The molecule has 0 N–H and O–H groups in total. The Labute approximate surface area is 162 Å². The largest absolute Gasteiger partial charge is 0.488 e. The minimum Gasteiger partial charge on any atom is -0.488 e. The zero-order valence-electron chi connectivity index (χ0n) is 14.9. The Balaban J connectivity index is 1.56. The molecule has 1 aliphatic heterocycles. The number of fused-ring (bicyclic) bond motifs is 1. The van der Waals surface area contributed by atoms with Crippen molar-refractivity contribution in [1.82, 2.24) is 0 Å². The number of carbonyl (C=O) groups is 1. The molecule has 0 atom stereocenters. The summed E-state index contributed by atoms with van der Waals surface area (Å²) in [6, 6.07) is 14.6. The van der Waals surface area contributed by atoms with Crippen molar-refractivity contribution in [3.8, 4) is 11.5 Å². The van der Waals surface area contributed by atoms with E-state index < -0.39 is 0 Å². The number of allylic oxidation sites excluding steroid dienone is 1. The number of carbonyl (C=O) groups excluding carboxylic acids is 1. The first kappa shape index (κ1) is 17.4. The van der Waals surface area contributed by atoms with E-state index in [9.17, 15) is 4.79 Å². The van der Waals surface area contributed by atoms with E-state index in [-0.39, 0.29) is 11.5 Å². The number of hydrogen-bond acceptors (Lipinski definition) is 4. The van der Waals surface area contributed by atoms with Gasteiger partial charge in [-0.1, -0.05) is 23.7 Å². The molecule has 5 heteroatoms. The highest BCUT2D eigenvalue weighted by atomic mass is 35.5. The zero-order chi connectivity index (χ0) is 19.0. The lowest BCUT2D eigenvalue weighted by molar-refractivity contribution is 0.101. The predicted octanol–water partition coefficient (Wildman–Crippen LogP) is 5.75. The van der Waals surface area contributed by atoms with Crippen LogP contribution < -0.4 is 9.47 Å². The van der Waals surface area contributed by atoms with Crippen LogP contribution in [0.15, 0.2) is 58.7 Å². The molecular formula is C22H17ClO4. The Hall–Kier alpha value is -2.98. The third-order valence-corrected chi connectivity index (χ3v) is 4.63. The molecule has 0 bridgehead atoms. The van der Waals surface area contributed by atoms with Gasteiger partial charge in [-0.15, -0.1) is 0 Å². The van der Waals surface area contributed by atoms with E-state index >= 15 is 0 Å². The molecule has 4 rings (SSSR count). The molecule has 1 aliphatic rings. The van der Waals surface area contributed by atoms with Gasteiger partial charge >= 0.3 is 0 Å². The van der Waals surface area contributed by atoms with Crippen LogP contribution in [0.4, 0.5) is 0 Å². The minimum atomic E-state index is -0.161. The Morgan fingerprint density at radius 1 is 1.04 bits per heavy atom. The molecule has 136 valence electrons. The number of aryl methyl sites for hydroxylation is 1. The SMILES string of the molecule is Cc1ccc(/C=C2\Oc3c(ccc(OCc4ccc(Cl)cc4)c3C)C2=O)o1. The van der Waals surface area contributed by atoms with E-state index in [4.69, 9.17) is 25.5 Å². The Bertz CT molecular complexity index is 1040. The Kier molecular flexibility index (Phi) is 4.50. The van der Waals surface area contributed by atoms with Crippen LogP contribution in [0.1, 0.15) is 33.0 Å². The fourth-order valence-corrected chi connectivity index (χ4v) is 3.05. The van der Waals surface area contributed by atoms with Gasteiger partial charge in [-0.05, 0) is 55.8 Å². The molecule has 2 aromatic carbocycles. The third-order valence-electron chi connectivity index (χ3n) is 4.38. The van der Waals surface area contributed by atoms with E-state index in [1.807, 2.05) is 44.2 Å². The summed E-state index contributed by atoms with van der Waals surface area (Å²) in [5.41, 5.74) is 2.32. The molecule has 0 fully saturated rings. The standard InChI is InChI=1S/C22H17ClO4/c1-13-3-8-17(26-13)11-20-21(24)18-9-10-19(14(2)22(18)27-20)25-12-15-4-6-16(23)7-5-15/h3-11H,12H2,1-2H3/b20-11-. The third kappa shape index (κ3) is 3.49. The van der Waals surface area contributed by atoms with Gasteiger partial charge in [-0.25, -0.2) is 0 Å². The van der Waals surface area contributed by atoms with Gasteiger partial charge < -0.3 is 13.9 Å². The van der Waals surface area contributed by atoms with Crippen LogP contribution in [0.25, 0.3) is 6.08 Å². The molecular weight excluding hydrogens is 364 g/mol. The van der Waals surface area contributed by atoms with Gasteiger partial charge in [0.25, 0.3) is 0 Å². The second kappa shape index (κ2) is 6.97. The fraction of sp³-hybridized carbons (Fsp3) is 0.136. The van der Waals surface area contributed by atoms with Crippen molar-refractivity contribution in [3.63, 3.8) is 0 Å². The molecule has 4 nitrogen and oxygen atoms in total. The van der Waals surface area contributed by atoms with Gasteiger partial charge in [-0.3, -0.25) is 4.79 Å². The van der Waals surface area contributed by atoms with E-state index in [0.29, 0.717) is 34.5 Å². The number of ether oxygens (including phenoxy) is 2. The Morgan fingerprint density at radius 3 is 2.52 bits per heavy atom. The summed E-state index contributed by atoms with van der Waals surface area (Å²) in [4.78, 5) is 12.6. The maximum Gasteiger partial charge on any atom is 0.232 e. The van der Waals surface area contributed by atoms with Crippen LogP contribution in [0.3, 0.4) is 0 Å². The van der Waals surface area contributed by atoms with Crippen molar-refractivity contribution < 1.29 is 18.7 Å². The lowest BCUT2D eigenvalue weighted by atomic mass is 10.1. The van der Waals surface area contributed by atoms with Crippen LogP contribution in [0, 0.1) is 13.8 Å². The smallest absolute Gasteiger partial charge is 0.232 e. The van der Waals surface area contributed by atoms with Gasteiger partial charge in [0.05, 0.1) is 5.56 Å². The van der Waals surface area contributed by atoms with Crippen LogP contribution >= 0.6 is 11.6 Å². The van der Waals surface area contributed by atoms with Gasteiger partial charge in [0.2, 0.25) is 5.78 Å². The fourth-order valence-electron chi connectivity index (χ4n) is 2.93. The lowest BCUT2D eigenvalue weighted by Crippen LogP contribution is -1.98. The number of rotatable bonds is 4. The van der Waals surface area contributed by atoms with Gasteiger partial charge in [0.1, 0.15) is 29.6 Å². The highest BCUT2D eigenvalue weighted by molar-refractivity contribution is 6.30.